The molecule has 0 aliphatic carbocycles. The Morgan fingerprint density at radius 1 is 1.29 bits per heavy atom. The molecular formula is C11H8F3NO2. The highest BCUT2D eigenvalue weighted by Gasteiger charge is 2.47. The fourth-order valence-electron chi connectivity index (χ4n) is 1.78. The molecule has 0 aliphatic rings. The lowest BCUT2D eigenvalue weighted by atomic mass is 9.98. The molecule has 17 heavy (non-hydrogen) atoms. The SMILES string of the molecule is O=C(O)[C@@H](c1c[nH]c2ccccc12)C(F)(F)F. The lowest BCUT2D eigenvalue weighted by molar-refractivity contribution is -0.176. The van der Waals surface area contributed by atoms with E-state index in [1.165, 1.54) is 6.07 Å². The van der Waals surface area contributed by atoms with Crippen LogP contribution in [-0.4, -0.2) is 22.2 Å². The molecule has 0 unspecified atom stereocenters. The lowest BCUT2D eigenvalue weighted by Gasteiger charge is -2.15. The first-order valence-corrected chi connectivity index (χ1v) is 4.77. The second-order valence-corrected chi connectivity index (χ2v) is 3.60. The second kappa shape index (κ2) is 3.80. The monoisotopic (exact) mass is 243 g/mol. The van der Waals surface area contributed by atoms with Gasteiger partial charge in [-0.25, -0.2) is 0 Å². The average Bonchev–Trinajstić information content (AvgIpc) is 2.60. The number of hydrogen-bond acceptors (Lipinski definition) is 1. The van der Waals surface area contributed by atoms with Crippen LogP contribution in [0, 0.1) is 0 Å². The quantitative estimate of drug-likeness (QED) is 0.852. The maximum atomic E-state index is 12.7. The number of H-pyrrole nitrogens is 1. The Labute approximate surface area is 93.9 Å². The maximum absolute atomic E-state index is 12.7. The van der Waals surface area contributed by atoms with E-state index >= 15 is 0 Å². The predicted molar refractivity (Wildman–Crippen MR) is 54.7 cm³/mol. The van der Waals surface area contributed by atoms with E-state index in [2.05, 4.69) is 4.98 Å². The molecule has 2 aromatic rings. The molecule has 0 fully saturated rings. The van der Waals surface area contributed by atoms with Crippen molar-refractivity contribution in [2.24, 2.45) is 0 Å². The fraction of sp³-hybridized carbons (Fsp3) is 0.182. The van der Waals surface area contributed by atoms with Crippen molar-refractivity contribution in [2.75, 3.05) is 0 Å². The number of aromatic amines is 1. The molecule has 2 N–H and O–H groups in total. The van der Waals surface area contributed by atoms with Crippen molar-refractivity contribution < 1.29 is 23.1 Å². The van der Waals surface area contributed by atoms with Gasteiger partial charge in [-0.1, -0.05) is 18.2 Å². The fourth-order valence-corrected chi connectivity index (χ4v) is 1.78. The van der Waals surface area contributed by atoms with Crippen LogP contribution in [0.5, 0.6) is 0 Å². The highest BCUT2D eigenvalue weighted by molar-refractivity contribution is 5.89. The molecule has 2 rings (SSSR count). The van der Waals surface area contributed by atoms with Gasteiger partial charge in [0.1, 0.15) is 0 Å². The summed E-state index contributed by atoms with van der Waals surface area (Å²) in [6.07, 6.45) is -3.71. The largest absolute Gasteiger partial charge is 0.481 e. The average molecular weight is 243 g/mol. The van der Waals surface area contributed by atoms with E-state index in [9.17, 15) is 18.0 Å². The molecule has 1 heterocycles. The zero-order valence-electron chi connectivity index (χ0n) is 8.45. The topological polar surface area (TPSA) is 53.1 Å². The molecule has 1 aromatic carbocycles. The summed E-state index contributed by atoms with van der Waals surface area (Å²) in [7, 11) is 0. The van der Waals surface area contributed by atoms with Crippen molar-refractivity contribution >= 4 is 16.9 Å². The van der Waals surface area contributed by atoms with E-state index in [1.54, 1.807) is 18.2 Å². The van der Waals surface area contributed by atoms with Gasteiger partial charge < -0.3 is 10.1 Å². The van der Waals surface area contributed by atoms with Crippen LogP contribution in [-0.2, 0) is 4.79 Å². The predicted octanol–water partition coefficient (Wildman–Crippen LogP) is 2.90. The van der Waals surface area contributed by atoms with E-state index in [1.807, 2.05) is 0 Å². The van der Waals surface area contributed by atoms with Crippen LogP contribution in [0.2, 0.25) is 0 Å². The summed E-state index contributed by atoms with van der Waals surface area (Å²) < 4.78 is 38.0. The Kier molecular flexibility index (Phi) is 2.57. The van der Waals surface area contributed by atoms with Crippen molar-refractivity contribution in [3.63, 3.8) is 0 Å². The summed E-state index contributed by atoms with van der Waals surface area (Å²) >= 11 is 0. The van der Waals surface area contributed by atoms with Gasteiger partial charge in [0.05, 0.1) is 0 Å². The molecule has 0 aliphatic heterocycles. The van der Waals surface area contributed by atoms with Gasteiger partial charge in [-0.15, -0.1) is 0 Å². The number of para-hydroxylation sites is 1. The van der Waals surface area contributed by atoms with Crippen LogP contribution < -0.4 is 0 Å². The van der Waals surface area contributed by atoms with Crippen molar-refractivity contribution in [3.8, 4) is 0 Å². The van der Waals surface area contributed by atoms with Gasteiger partial charge in [-0.2, -0.15) is 13.2 Å². The third-order valence-electron chi connectivity index (χ3n) is 2.51. The Balaban J connectivity index is 2.61. The zero-order chi connectivity index (χ0) is 12.6. The number of alkyl halides is 3. The molecule has 90 valence electrons. The molecule has 0 radical (unpaired) electrons. The number of aliphatic carboxylic acids is 1. The Morgan fingerprint density at radius 3 is 2.53 bits per heavy atom. The first kappa shape index (κ1) is 11.5. The van der Waals surface area contributed by atoms with Crippen LogP contribution >= 0.6 is 0 Å². The number of carbonyl (C=O) groups is 1. The van der Waals surface area contributed by atoms with E-state index in [-0.39, 0.29) is 10.9 Å². The number of halogens is 3. The Bertz CT molecular complexity index is 559. The number of carboxylic acids is 1. The van der Waals surface area contributed by atoms with Crippen LogP contribution in [0.1, 0.15) is 11.5 Å². The van der Waals surface area contributed by atoms with Crippen LogP contribution in [0.15, 0.2) is 30.5 Å². The van der Waals surface area contributed by atoms with Gasteiger partial charge in [-0.3, -0.25) is 4.79 Å². The molecular weight excluding hydrogens is 235 g/mol. The number of rotatable bonds is 2. The third-order valence-corrected chi connectivity index (χ3v) is 2.51. The molecule has 0 bridgehead atoms. The molecule has 3 nitrogen and oxygen atoms in total. The summed E-state index contributed by atoms with van der Waals surface area (Å²) in [5.74, 6) is -4.40. The number of hydrogen-bond donors (Lipinski definition) is 2. The van der Waals surface area contributed by atoms with Gasteiger partial charge >= 0.3 is 12.1 Å². The number of aromatic nitrogens is 1. The molecule has 1 aromatic heterocycles. The summed E-state index contributed by atoms with van der Waals surface area (Å²) in [4.78, 5) is 13.4. The summed E-state index contributed by atoms with van der Waals surface area (Å²) in [6.45, 7) is 0. The van der Waals surface area contributed by atoms with Crippen LogP contribution in [0.3, 0.4) is 0 Å². The van der Waals surface area contributed by atoms with Crippen molar-refractivity contribution in [3.05, 3.63) is 36.0 Å². The minimum Gasteiger partial charge on any atom is -0.481 e. The molecule has 0 saturated carbocycles. The van der Waals surface area contributed by atoms with Crippen LogP contribution in [0.25, 0.3) is 10.9 Å². The van der Waals surface area contributed by atoms with E-state index < -0.39 is 18.1 Å². The Morgan fingerprint density at radius 2 is 1.94 bits per heavy atom. The van der Waals surface area contributed by atoms with Crippen molar-refractivity contribution in [1.29, 1.82) is 0 Å². The number of benzene rings is 1. The van der Waals surface area contributed by atoms with Gasteiger partial charge in [0.25, 0.3) is 0 Å². The highest BCUT2D eigenvalue weighted by atomic mass is 19.4. The second-order valence-electron chi connectivity index (χ2n) is 3.60. The van der Waals surface area contributed by atoms with Gasteiger partial charge in [0.2, 0.25) is 0 Å². The first-order chi connectivity index (χ1) is 7.91. The third kappa shape index (κ3) is 1.98. The van der Waals surface area contributed by atoms with Gasteiger partial charge in [0, 0.05) is 22.7 Å². The van der Waals surface area contributed by atoms with E-state index in [4.69, 9.17) is 5.11 Å². The zero-order valence-corrected chi connectivity index (χ0v) is 8.45. The number of carboxylic acid groups (broad SMARTS) is 1. The number of fused-ring (bicyclic) bond motifs is 1. The Hall–Kier alpha value is -1.98. The number of nitrogens with one attached hydrogen (secondary N) is 1. The summed E-state index contributed by atoms with van der Waals surface area (Å²) in [6, 6.07) is 6.28. The van der Waals surface area contributed by atoms with Gasteiger partial charge in [0.15, 0.2) is 5.92 Å². The molecule has 0 spiro atoms. The van der Waals surface area contributed by atoms with Gasteiger partial charge in [-0.05, 0) is 6.07 Å². The first-order valence-electron chi connectivity index (χ1n) is 4.77. The summed E-state index contributed by atoms with van der Waals surface area (Å²) in [5, 5.41) is 8.98. The molecule has 0 amide bonds. The molecule has 6 heteroatoms. The molecule has 1 atom stereocenters. The lowest BCUT2D eigenvalue weighted by Crippen LogP contribution is -2.28. The standard InChI is InChI=1S/C11H8F3NO2/c12-11(13,14)9(10(16)17)7-5-15-8-4-2-1-3-6(7)8/h1-5,9,15H,(H,16,17)/t9-/m1/s1. The minimum absolute atomic E-state index is 0.263. The smallest absolute Gasteiger partial charge is 0.406 e. The minimum atomic E-state index is -4.81. The van der Waals surface area contributed by atoms with Crippen molar-refractivity contribution in [1.82, 2.24) is 4.98 Å². The summed E-state index contributed by atoms with van der Waals surface area (Å²) in [5.41, 5.74) is 0.221. The normalized spacial score (nSPS) is 13.8. The van der Waals surface area contributed by atoms with E-state index in [0.717, 1.165) is 6.20 Å². The highest BCUT2D eigenvalue weighted by Crippen LogP contribution is 2.38. The van der Waals surface area contributed by atoms with Crippen LogP contribution in [0.4, 0.5) is 13.2 Å². The maximum Gasteiger partial charge on any atom is 0.406 e. The van der Waals surface area contributed by atoms with Crippen molar-refractivity contribution in [2.45, 2.75) is 12.1 Å². The molecule has 0 saturated heterocycles. The van der Waals surface area contributed by atoms with E-state index in [0.29, 0.717) is 5.52 Å².